The summed E-state index contributed by atoms with van der Waals surface area (Å²) in [4.78, 5) is 14.0. The number of aromatic nitrogens is 1. The highest BCUT2D eigenvalue weighted by Gasteiger charge is 2.31. The predicted molar refractivity (Wildman–Crippen MR) is 63.3 cm³/mol. The lowest BCUT2D eigenvalue weighted by Gasteiger charge is -2.38. The maximum absolute atomic E-state index is 11.9. The second-order valence-corrected chi connectivity index (χ2v) is 5.04. The number of hydrogen-bond acceptors (Lipinski definition) is 5. The third kappa shape index (κ3) is 2.39. The van der Waals surface area contributed by atoms with E-state index in [9.17, 15) is 4.79 Å². The highest BCUT2D eigenvalue weighted by molar-refractivity contribution is 5.92. The predicted octanol–water partition coefficient (Wildman–Crippen LogP) is -0.0417. The number of amides is 1. The van der Waals surface area contributed by atoms with Gasteiger partial charge in [0, 0.05) is 31.6 Å². The first-order valence-electron chi connectivity index (χ1n) is 6.37. The van der Waals surface area contributed by atoms with E-state index in [2.05, 4.69) is 15.4 Å². The van der Waals surface area contributed by atoms with Crippen molar-refractivity contribution in [3.05, 3.63) is 17.5 Å². The molecule has 2 aliphatic rings. The molecule has 1 aromatic rings. The first-order valence-corrected chi connectivity index (χ1v) is 6.37. The number of aliphatic hydroxyl groups excluding tert-OH is 1. The molecule has 0 atom stereocenters. The molecule has 6 nitrogen and oxygen atoms in total. The summed E-state index contributed by atoms with van der Waals surface area (Å²) < 4.78 is 5.15. The van der Waals surface area contributed by atoms with Crippen molar-refractivity contribution in [3.8, 4) is 0 Å². The van der Waals surface area contributed by atoms with E-state index in [1.165, 1.54) is 0 Å². The van der Waals surface area contributed by atoms with E-state index in [0.717, 1.165) is 31.7 Å². The number of nitrogens with zero attached hydrogens (tertiary/aromatic N) is 2. The average molecular weight is 251 g/mol. The monoisotopic (exact) mass is 251 g/mol. The third-order valence-corrected chi connectivity index (χ3v) is 3.45. The van der Waals surface area contributed by atoms with Gasteiger partial charge in [-0.1, -0.05) is 5.16 Å². The summed E-state index contributed by atoms with van der Waals surface area (Å²) in [6, 6.07) is 1.90. The summed E-state index contributed by atoms with van der Waals surface area (Å²) in [6.07, 6.45) is 2.27. The molecule has 1 saturated heterocycles. The third-order valence-electron chi connectivity index (χ3n) is 3.45. The molecule has 0 aromatic carbocycles. The van der Waals surface area contributed by atoms with Gasteiger partial charge >= 0.3 is 0 Å². The van der Waals surface area contributed by atoms with Gasteiger partial charge in [0.2, 0.25) is 0 Å². The molecule has 2 N–H and O–H groups in total. The zero-order valence-corrected chi connectivity index (χ0v) is 10.1. The highest BCUT2D eigenvalue weighted by Crippen LogP contribution is 2.40. The van der Waals surface area contributed by atoms with E-state index in [-0.39, 0.29) is 18.6 Å². The van der Waals surface area contributed by atoms with Gasteiger partial charge < -0.3 is 14.9 Å². The van der Waals surface area contributed by atoms with Crippen LogP contribution in [0.1, 0.15) is 35.0 Å². The van der Waals surface area contributed by atoms with Gasteiger partial charge in [-0.2, -0.15) is 0 Å². The number of aliphatic hydroxyl groups is 1. The molecule has 1 aliphatic carbocycles. The highest BCUT2D eigenvalue weighted by atomic mass is 16.5. The van der Waals surface area contributed by atoms with Crippen LogP contribution in [0.2, 0.25) is 0 Å². The van der Waals surface area contributed by atoms with Crippen molar-refractivity contribution in [2.45, 2.75) is 24.8 Å². The fourth-order valence-electron chi connectivity index (χ4n) is 2.20. The van der Waals surface area contributed by atoms with Crippen LogP contribution in [0, 0.1) is 0 Å². The topological polar surface area (TPSA) is 78.6 Å². The first-order chi connectivity index (χ1) is 8.76. The van der Waals surface area contributed by atoms with Crippen LogP contribution in [0.4, 0.5) is 0 Å². The summed E-state index contributed by atoms with van der Waals surface area (Å²) in [6.45, 7) is 2.41. The summed E-state index contributed by atoms with van der Waals surface area (Å²) in [5.41, 5.74) is 0.373. The Morgan fingerprint density at radius 3 is 3.00 bits per heavy atom. The van der Waals surface area contributed by atoms with Crippen molar-refractivity contribution in [1.82, 2.24) is 15.4 Å². The molecular weight excluding hydrogens is 234 g/mol. The number of hydrogen-bond donors (Lipinski definition) is 2. The van der Waals surface area contributed by atoms with Crippen molar-refractivity contribution in [1.29, 1.82) is 0 Å². The Kier molecular flexibility index (Phi) is 3.05. The molecule has 18 heavy (non-hydrogen) atoms. The zero-order valence-electron chi connectivity index (χ0n) is 10.1. The lowest BCUT2D eigenvalue weighted by atomic mass is 10.1. The second kappa shape index (κ2) is 4.70. The quantitative estimate of drug-likeness (QED) is 0.767. The Bertz CT molecular complexity index is 436. The molecule has 3 rings (SSSR count). The van der Waals surface area contributed by atoms with Crippen LogP contribution in [-0.2, 0) is 0 Å². The second-order valence-electron chi connectivity index (χ2n) is 5.04. The standard InChI is InChI=1S/C12H17N3O3/c16-4-3-15-6-9(7-15)13-12(17)10-5-11(18-14-10)8-1-2-8/h5,8-9,16H,1-4,6-7H2,(H,13,17). The van der Waals surface area contributed by atoms with E-state index < -0.39 is 0 Å². The van der Waals surface area contributed by atoms with Crippen molar-refractivity contribution < 1.29 is 14.4 Å². The molecule has 1 aliphatic heterocycles. The molecule has 1 aromatic heterocycles. The summed E-state index contributed by atoms with van der Waals surface area (Å²) >= 11 is 0. The molecule has 0 radical (unpaired) electrons. The SMILES string of the molecule is O=C(NC1CN(CCO)C1)c1cc(C2CC2)on1. The number of carbonyl (C=O) groups excluding carboxylic acids is 1. The molecule has 6 heteroatoms. The molecular formula is C12H17N3O3. The minimum Gasteiger partial charge on any atom is -0.395 e. The number of likely N-dealkylation sites (tertiary alicyclic amines) is 1. The summed E-state index contributed by atoms with van der Waals surface area (Å²) in [5, 5.41) is 15.5. The van der Waals surface area contributed by atoms with E-state index in [4.69, 9.17) is 9.63 Å². The van der Waals surface area contributed by atoms with Crippen LogP contribution in [-0.4, -0.2) is 53.4 Å². The number of β-amino-alcohol motifs (C(OH)–C–C–N with tert-alkyl or cyclic N) is 1. The van der Waals surface area contributed by atoms with Crippen LogP contribution < -0.4 is 5.32 Å². The van der Waals surface area contributed by atoms with Crippen LogP contribution in [0.3, 0.4) is 0 Å². The summed E-state index contributed by atoms with van der Waals surface area (Å²) in [7, 11) is 0. The van der Waals surface area contributed by atoms with E-state index in [1.54, 1.807) is 6.07 Å². The van der Waals surface area contributed by atoms with Crippen molar-refractivity contribution in [3.63, 3.8) is 0 Å². The fourth-order valence-corrected chi connectivity index (χ4v) is 2.20. The van der Waals surface area contributed by atoms with Gasteiger partial charge in [-0.25, -0.2) is 0 Å². The molecule has 0 bridgehead atoms. The Labute approximate surface area is 105 Å². The molecule has 2 fully saturated rings. The molecule has 0 spiro atoms. The lowest BCUT2D eigenvalue weighted by molar-refractivity contribution is 0.0750. The normalized spacial score (nSPS) is 20.7. The molecule has 2 heterocycles. The van der Waals surface area contributed by atoms with Crippen LogP contribution in [0.15, 0.2) is 10.6 Å². The van der Waals surface area contributed by atoms with E-state index >= 15 is 0 Å². The van der Waals surface area contributed by atoms with E-state index in [0.29, 0.717) is 18.2 Å². The van der Waals surface area contributed by atoms with Gasteiger partial charge in [-0.3, -0.25) is 9.69 Å². The van der Waals surface area contributed by atoms with Gasteiger partial charge in [0.25, 0.3) is 5.91 Å². The Morgan fingerprint density at radius 2 is 2.33 bits per heavy atom. The molecule has 1 saturated carbocycles. The first kappa shape index (κ1) is 11.7. The van der Waals surface area contributed by atoms with Crippen molar-refractivity contribution in [2.75, 3.05) is 26.2 Å². The maximum Gasteiger partial charge on any atom is 0.273 e. The van der Waals surface area contributed by atoms with Gasteiger partial charge in [0.15, 0.2) is 5.69 Å². The van der Waals surface area contributed by atoms with Gasteiger partial charge in [0.05, 0.1) is 12.6 Å². The van der Waals surface area contributed by atoms with Gasteiger partial charge in [-0.15, -0.1) is 0 Å². The van der Waals surface area contributed by atoms with Crippen molar-refractivity contribution in [2.24, 2.45) is 0 Å². The van der Waals surface area contributed by atoms with Gasteiger partial charge in [0.1, 0.15) is 5.76 Å². The largest absolute Gasteiger partial charge is 0.395 e. The van der Waals surface area contributed by atoms with E-state index in [1.807, 2.05) is 0 Å². The number of carbonyl (C=O) groups is 1. The van der Waals surface area contributed by atoms with Crippen molar-refractivity contribution >= 4 is 5.91 Å². The maximum atomic E-state index is 11.9. The Hall–Kier alpha value is -1.40. The Balaban J connectivity index is 1.49. The molecule has 0 unspecified atom stereocenters. The smallest absolute Gasteiger partial charge is 0.273 e. The lowest BCUT2D eigenvalue weighted by Crippen LogP contribution is -2.59. The number of rotatable bonds is 5. The van der Waals surface area contributed by atoms with Crippen LogP contribution in [0.5, 0.6) is 0 Å². The average Bonchev–Trinajstić information content (AvgIpc) is 3.04. The summed E-state index contributed by atoms with van der Waals surface area (Å²) in [5.74, 6) is 1.14. The van der Waals surface area contributed by atoms with Crippen LogP contribution >= 0.6 is 0 Å². The molecule has 1 amide bonds. The Morgan fingerprint density at radius 1 is 1.56 bits per heavy atom. The minimum absolute atomic E-state index is 0.158. The fraction of sp³-hybridized carbons (Fsp3) is 0.667. The zero-order chi connectivity index (χ0) is 12.5. The molecule has 98 valence electrons. The number of nitrogens with one attached hydrogen (secondary N) is 1. The van der Waals surface area contributed by atoms with Crippen LogP contribution in [0.25, 0.3) is 0 Å². The minimum atomic E-state index is -0.167. The van der Waals surface area contributed by atoms with Gasteiger partial charge in [-0.05, 0) is 12.8 Å².